The van der Waals surface area contributed by atoms with E-state index in [1.54, 1.807) is 0 Å². The number of hydrogen-bond acceptors (Lipinski definition) is 3. The summed E-state index contributed by atoms with van der Waals surface area (Å²) < 4.78 is 1.35. The van der Waals surface area contributed by atoms with Gasteiger partial charge in [-0.3, -0.25) is 0 Å². The third kappa shape index (κ3) is 2.17. The molecule has 3 heteroatoms. The number of nitrogens with zero attached hydrogens (tertiary/aromatic N) is 1. The Labute approximate surface area is 112 Å². The molecule has 0 spiro atoms. The minimum atomic E-state index is 0.549. The van der Waals surface area contributed by atoms with Gasteiger partial charge in [-0.2, -0.15) is 0 Å². The van der Waals surface area contributed by atoms with E-state index >= 15 is 0 Å². The van der Waals surface area contributed by atoms with Crippen molar-refractivity contribution in [2.75, 3.05) is 13.1 Å². The lowest BCUT2D eigenvalue weighted by Crippen LogP contribution is -2.28. The van der Waals surface area contributed by atoms with Crippen LogP contribution in [-0.4, -0.2) is 18.1 Å². The fourth-order valence-corrected chi connectivity index (χ4v) is 3.83. The average Bonchev–Trinajstić information content (AvgIpc) is 2.83. The molecule has 0 radical (unpaired) electrons. The average molecular weight is 260 g/mol. The second-order valence-corrected chi connectivity index (χ2v) is 6.51. The zero-order valence-corrected chi connectivity index (χ0v) is 11.9. The first-order valence-electron chi connectivity index (χ1n) is 6.86. The monoisotopic (exact) mass is 260 g/mol. The highest BCUT2D eigenvalue weighted by atomic mass is 32.1. The minimum absolute atomic E-state index is 0.549. The SMILES string of the molecule is CC(C)c1cccc2sc(C3CCCNC3)nc12. The van der Waals surface area contributed by atoms with Gasteiger partial charge in [0.25, 0.3) is 0 Å². The van der Waals surface area contributed by atoms with Gasteiger partial charge in [0.15, 0.2) is 0 Å². The topological polar surface area (TPSA) is 24.9 Å². The molecule has 1 aromatic heterocycles. The van der Waals surface area contributed by atoms with Crippen molar-refractivity contribution in [3.8, 4) is 0 Å². The zero-order chi connectivity index (χ0) is 12.5. The Morgan fingerprint density at radius 3 is 3.00 bits per heavy atom. The highest BCUT2D eigenvalue weighted by Crippen LogP contribution is 2.34. The lowest BCUT2D eigenvalue weighted by molar-refractivity contribution is 0.461. The van der Waals surface area contributed by atoms with Gasteiger partial charge in [-0.1, -0.05) is 26.0 Å². The third-order valence-electron chi connectivity index (χ3n) is 3.73. The van der Waals surface area contributed by atoms with Gasteiger partial charge in [0.05, 0.1) is 15.2 Å². The normalized spacial score (nSPS) is 20.7. The van der Waals surface area contributed by atoms with E-state index in [-0.39, 0.29) is 0 Å². The van der Waals surface area contributed by atoms with Gasteiger partial charge in [0.2, 0.25) is 0 Å². The van der Waals surface area contributed by atoms with Crippen LogP contribution in [0.15, 0.2) is 18.2 Å². The molecule has 96 valence electrons. The minimum Gasteiger partial charge on any atom is -0.316 e. The Bertz CT molecular complexity index is 538. The van der Waals surface area contributed by atoms with Crippen LogP contribution < -0.4 is 5.32 Å². The molecular weight excluding hydrogens is 240 g/mol. The van der Waals surface area contributed by atoms with Gasteiger partial charge in [0, 0.05) is 12.5 Å². The Hall–Kier alpha value is -0.930. The molecule has 3 rings (SSSR count). The molecule has 1 aliphatic heterocycles. The number of nitrogens with one attached hydrogen (secondary N) is 1. The molecule has 1 aromatic carbocycles. The van der Waals surface area contributed by atoms with E-state index in [0.29, 0.717) is 11.8 Å². The predicted octanol–water partition coefficient (Wildman–Crippen LogP) is 3.89. The Morgan fingerprint density at radius 2 is 2.28 bits per heavy atom. The van der Waals surface area contributed by atoms with Gasteiger partial charge in [-0.15, -0.1) is 11.3 Å². The van der Waals surface area contributed by atoms with E-state index in [9.17, 15) is 0 Å². The van der Waals surface area contributed by atoms with Crippen LogP contribution in [0, 0.1) is 0 Å². The largest absolute Gasteiger partial charge is 0.316 e. The van der Waals surface area contributed by atoms with Crippen molar-refractivity contribution in [3.05, 3.63) is 28.8 Å². The van der Waals surface area contributed by atoms with Gasteiger partial charge >= 0.3 is 0 Å². The number of rotatable bonds is 2. The van der Waals surface area contributed by atoms with E-state index < -0.39 is 0 Å². The smallest absolute Gasteiger partial charge is 0.0982 e. The molecule has 18 heavy (non-hydrogen) atoms. The molecule has 0 amide bonds. The molecule has 2 heterocycles. The van der Waals surface area contributed by atoms with Crippen LogP contribution in [0.3, 0.4) is 0 Å². The first-order valence-corrected chi connectivity index (χ1v) is 7.67. The number of benzene rings is 1. The van der Waals surface area contributed by atoms with Crippen molar-refractivity contribution in [1.82, 2.24) is 10.3 Å². The number of para-hydroxylation sites is 1. The summed E-state index contributed by atoms with van der Waals surface area (Å²) in [5, 5.41) is 4.81. The molecule has 2 aromatic rings. The molecule has 0 aliphatic carbocycles. The molecule has 0 saturated carbocycles. The summed E-state index contributed by atoms with van der Waals surface area (Å²) in [6.07, 6.45) is 2.56. The highest BCUT2D eigenvalue weighted by molar-refractivity contribution is 7.18. The van der Waals surface area contributed by atoms with Crippen molar-refractivity contribution in [2.24, 2.45) is 0 Å². The molecule has 1 fully saturated rings. The number of hydrogen-bond donors (Lipinski definition) is 1. The van der Waals surface area contributed by atoms with E-state index in [1.807, 2.05) is 11.3 Å². The number of fused-ring (bicyclic) bond motifs is 1. The highest BCUT2D eigenvalue weighted by Gasteiger charge is 2.20. The van der Waals surface area contributed by atoms with Crippen molar-refractivity contribution >= 4 is 21.6 Å². The molecule has 1 N–H and O–H groups in total. The third-order valence-corrected chi connectivity index (χ3v) is 4.92. The fourth-order valence-electron chi connectivity index (χ4n) is 2.69. The number of piperidine rings is 1. The summed E-state index contributed by atoms with van der Waals surface area (Å²) >= 11 is 1.88. The summed E-state index contributed by atoms with van der Waals surface area (Å²) in [6.45, 7) is 6.75. The van der Waals surface area contributed by atoms with Gasteiger partial charge < -0.3 is 5.32 Å². The molecule has 0 bridgehead atoms. The van der Waals surface area contributed by atoms with Gasteiger partial charge in [-0.25, -0.2) is 4.98 Å². The summed E-state index contributed by atoms with van der Waals surface area (Å²) in [5.74, 6) is 1.17. The van der Waals surface area contributed by atoms with Crippen LogP contribution in [-0.2, 0) is 0 Å². The quantitative estimate of drug-likeness (QED) is 0.886. The van der Waals surface area contributed by atoms with Crippen molar-refractivity contribution in [3.63, 3.8) is 0 Å². The summed E-state index contributed by atoms with van der Waals surface area (Å²) in [7, 11) is 0. The van der Waals surface area contributed by atoms with E-state index in [4.69, 9.17) is 4.98 Å². The molecular formula is C15H20N2S. The summed E-state index contributed by atoms with van der Waals surface area (Å²) in [6, 6.07) is 6.59. The van der Waals surface area contributed by atoms with E-state index in [1.165, 1.54) is 40.2 Å². The summed E-state index contributed by atoms with van der Waals surface area (Å²) in [4.78, 5) is 4.94. The van der Waals surface area contributed by atoms with Crippen LogP contribution in [0.4, 0.5) is 0 Å². The maximum absolute atomic E-state index is 4.94. The molecule has 1 atom stereocenters. The molecule has 1 saturated heterocycles. The van der Waals surface area contributed by atoms with Crippen molar-refractivity contribution in [2.45, 2.75) is 38.5 Å². The van der Waals surface area contributed by atoms with Gasteiger partial charge in [-0.05, 0) is 36.9 Å². The zero-order valence-electron chi connectivity index (χ0n) is 11.1. The molecule has 2 nitrogen and oxygen atoms in total. The van der Waals surface area contributed by atoms with Crippen LogP contribution >= 0.6 is 11.3 Å². The van der Waals surface area contributed by atoms with E-state index in [2.05, 4.69) is 37.4 Å². The first-order chi connectivity index (χ1) is 8.75. The molecule has 1 aliphatic rings. The lowest BCUT2D eigenvalue weighted by Gasteiger charge is -2.20. The maximum atomic E-state index is 4.94. The van der Waals surface area contributed by atoms with Gasteiger partial charge in [0.1, 0.15) is 0 Å². The second kappa shape index (κ2) is 4.98. The number of thiazole rings is 1. The van der Waals surface area contributed by atoms with E-state index in [0.717, 1.165) is 6.54 Å². The standard InChI is InChI=1S/C15H20N2S/c1-10(2)12-6-3-7-13-14(12)17-15(18-13)11-5-4-8-16-9-11/h3,6-7,10-11,16H,4-5,8-9H2,1-2H3. The van der Waals surface area contributed by atoms with Crippen LogP contribution in [0.1, 0.15) is 49.1 Å². The lowest BCUT2D eigenvalue weighted by atomic mass is 10.00. The predicted molar refractivity (Wildman–Crippen MR) is 78.6 cm³/mol. The summed E-state index contributed by atoms with van der Waals surface area (Å²) in [5.41, 5.74) is 2.62. The second-order valence-electron chi connectivity index (χ2n) is 5.44. The maximum Gasteiger partial charge on any atom is 0.0982 e. The van der Waals surface area contributed by atoms with Crippen LogP contribution in [0.2, 0.25) is 0 Å². The van der Waals surface area contributed by atoms with Crippen molar-refractivity contribution < 1.29 is 0 Å². The Balaban J connectivity index is 2.02. The molecule has 1 unspecified atom stereocenters. The van der Waals surface area contributed by atoms with Crippen molar-refractivity contribution in [1.29, 1.82) is 0 Å². The first kappa shape index (κ1) is 12.1. The fraction of sp³-hybridized carbons (Fsp3) is 0.533. The number of aromatic nitrogens is 1. The Kier molecular flexibility index (Phi) is 3.35. The van der Waals surface area contributed by atoms with Crippen LogP contribution in [0.5, 0.6) is 0 Å². The van der Waals surface area contributed by atoms with Crippen LogP contribution in [0.25, 0.3) is 10.2 Å². The Morgan fingerprint density at radius 1 is 1.39 bits per heavy atom.